The minimum atomic E-state index is -0.481. The minimum absolute atomic E-state index is 0.0961. The number of carbonyl (C=O) groups is 1. The first kappa shape index (κ1) is 14.8. The van der Waals surface area contributed by atoms with Crippen LogP contribution in [0.4, 0.5) is 10.1 Å². The van der Waals surface area contributed by atoms with E-state index < -0.39 is 11.8 Å². The van der Waals surface area contributed by atoms with E-state index in [-0.39, 0.29) is 11.8 Å². The summed E-state index contributed by atoms with van der Waals surface area (Å²) in [5, 5.41) is 12.9. The zero-order valence-electron chi connectivity index (χ0n) is 11.8. The van der Waals surface area contributed by atoms with E-state index in [0.717, 1.165) is 11.8 Å². The van der Waals surface area contributed by atoms with Crippen LogP contribution < -0.4 is 5.32 Å². The molecule has 21 heavy (non-hydrogen) atoms. The van der Waals surface area contributed by atoms with Crippen LogP contribution in [0, 0.1) is 5.82 Å². The number of methoxy groups -OCH3 is 1. The molecule has 0 aliphatic heterocycles. The van der Waals surface area contributed by atoms with Gasteiger partial charge in [0.1, 0.15) is 11.6 Å². The smallest absolute Gasteiger partial charge is 0.337 e. The van der Waals surface area contributed by atoms with Crippen molar-refractivity contribution in [1.82, 2.24) is 0 Å². The number of benzene rings is 2. The largest absolute Gasteiger partial charge is 0.507 e. The van der Waals surface area contributed by atoms with Gasteiger partial charge in [0.15, 0.2) is 0 Å². The van der Waals surface area contributed by atoms with Crippen LogP contribution in [0.25, 0.3) is 0 Å². The molecule has 1 unspecified atom stereocenters. The maximum Gasteiger partial charge on any atom is 0.337 e. The fourth-order valence-corrected chi connectivity index (χ4v) is 2.03. The van der Waals surface area contributed by atoms with Crippen LogP contribution in [0.5, 0.6) is 5.75 Å². The van der Waals surface area contributed by atoms with Crippen molar-refractivity contribution in [1.29, 1.82) is 0 Å². The molecule has 5 heteroatoms. The Bertz CT molecular complexity index is 640. The van der Waals surface area contributed by atoms with Gasteiger partial charge in [-0.1, -0.05) is 6.07 Å². The van der Waals surface area contributed by atoms with E-state index >= 15 is 0 Å². The fraction of sp³-hybridized carbons (Fsp3) is 0.188. The summed E-state index contributed by atoms with van der Waals surface area (Å²) < 4.78 is 17.6. The number of ether oxygens (including phenoxy) is 1. The third-order valence-electron chi connectivity index (χ3n) is 3.15. The monoisotopic (exact) mass is 289 g/mol. The number of aromatic hydroxyl groups is 1. The number of phenolic OH excluding ortho intramolecular Hbond substituents is 1. The van der Waals surface area contributed by atoms with E-state index in [1.165, 1.54) is 19.2 Å². The predicted octanol–water partition coefficient (Wildman–Crippen LogP) is 3.49. The number of anilines is 1. The molecule has 2 aromatic carbocycles. The van der Waals surface area contributed by atoms with E-state index in [9.17, 15) is 14.3 Å². The van der Waals surface area contributed by atoms with Gasteiger partial charge in [0.05, 0.1) is 18.7 Å². The van der Waals surface area contributed by atoms with E-state index in [2.05, 4.69) is 10.1 Å². The summed E-state index contributed by atoms with van der Waals surface area (Å²) in [6, 6.07) is 10.5. The second-order valence-electron chi connectivity index (χ2n) is 4.64. The lowest BCUT2D eigenvalue weighted by atomic mass is 10.1. The molecule has 2 N–H and O–H groups in total. The van der Waals surface area contributed by atoms with Crippen LogP contribution in [-0.4, -0.2) is 18.2 Å². The van der Waals surface area contributed by atoms with Gasteiger partial charge in [0.25, 0.3) is 0 Å². The van der Waals surface area contributed by atoms with Crippen molar-refractivity contribution in [2.45, 2.75) is 13.0 Å². The van der Waals surface area contributed by atoms with Crippen LogP contribution in [-0.2, 0) is 4.74 Å². The number of carbonyl (C=O) groups excluding carboxylic acids is 1. The van der Waals surface area contributed by atoms with E-state index in [0.29, 0.717) is 11.1 Å². The SMILES string of the molecule is COC(=O)c1ccc(NC(C)c2ccc(F)cc2O)cc1. The molecule has 0 saturated heterocycles. The number of halogens is 1. The van der Waals surface area contributed by atoms with Gasteiger partial charge in [-0.3, -0.25) is 0 Å². The first-order valence-corrected chi connectivity index (χ1v) is 6.44. The molecule has 0 amide bonds. The summed E-state index contributed by atoms with van der Waals surface area (Å²) in [6.07, 6.45) is 0. The number of hydrogen-bond acceptors (Lipinski definition) is 4. The first-order valence-electron chi connectivity index (χ1n) is 6.44. The number of phenols is 1. The lowest BCUT2D eigenvalue weighted by molar-refractivity contribution is 0.0601. The number of hydrogen-bond donors (Lipinski definition) is 2. The summed E-state index contributed by atoms with van der Waals surface area (Å²) in [4.78, 5) is 11.3. The van der Waals surface area contributed by atoms with Gasteiger partial charge in [-0.15, -0.1) is 0 Å². The Hall–Kier alpha value is -2.56. The summed E-state index contributed by atoms with van der Waals surface area (Å²) in [5.41, 5.74) is 1.83. The Morgan fingerprint density at radius 1 is 1.24 bits per heavy atom. The van der Waals surface area contributed by atoms with Crippen molar-refractivity contribution in [3.8, 4) is 5.75 Å². The summed E-state index contributed by atoms with van der Waals surface area (Å²) >= 11 is 0. The third kappa shape index (κ3) is 3.51. The Labute approximate surface area is 122 Å². The molecule has 0 fully saturated rings. The molecule has 0 aromatic heterocycles. The molecule has 2 rings (SSSR count). The second-order valence-corrected chi connectivity index (χ2v) is 4.64. The molecule has 110 valence electrons. The standard InChI is InChI=1S/C16H16FNO3/c1-10(14-8-5-12(17)9-15(14)19)18-13-6-3-11(4-7-13)16(20)21-2/h3-10,18-19H,1-2H3. The molecule has 0 saturated carbocycles. The fourth-order valence-electron chi connectivity index (χ4n) is 2.03. The second kappa shape index (κ2) is 6.26. The zero-order valence-corrected chi connectivity index (χ0v) is 11.8. The Balaban J connectivity index is 2.12. The molecule has 1 atom stereocenters. The zero-order chi connectivity index (χ0) is 15.4. The van der Waals surface area contributed by atoms with Crippen molar-refractivity contribution in [3.05, 3.63) is 59.4 Å². The molecule has 0 aliphatic rings. The highest BCUT2D eigenvalue weighted by Gasteiger charge is 2.11. The van der Waals surface area contributed by atoms with Gasteiger partial charge in [0, 0.05) is 17.3 Å². The topological polar surface area (TPSA) is 58.6 Å². The van der Waals surface area contributed by atoms with Crippen molar-refractivity contribution in [2.24, 2.45) is 0 Å². The molecule has 0 radical (unpaired) electrons. The van der Waals surface area contributed by atoms with E-state index in [1.807, 2.05) is 6.92 Å². The van der Waals surface area contributed by atoms with Gasteiger partial charge in [0.2, 0.25) is 0 Å². The van der Waals surface area contributed by atoms with Gasteiger partial charge in [-0.05, 0) is 37.3 Å². The molecule has 0 bridgehead atoms. The van der Waals surface area contributed by atoms with Gasteiger partial charge < -0.3 is 15.2 Å². The maximum atomic E-state index is 13.0. The van der Waals surface area contributed by atoms with Gasteiger partial charge >= 0.3 is 5.97 Å². The van der Waals surface area contributed by atoms with Gasteiger partial charge in [-0.2, -0.15) is 0 Å². The van der Waals surface area contributed by atoms with E-state index in [4.69, 9.17) is 0 Å². The minimum Gasteiger partial charge on any atom is -0.507 e. The average Bonchev–Trinajstić information content (AvgIpc) is 2.47. The molecular formula is C16H16FNO3. The summed E-state index contributed by atoms with van der Waals surface area (Å²) in [5.74, 6) is -0.974. The highest BCUT2D eigenvalue weighted by Crippen LogP contribution is 2.27. The molecule has 2 aromatic rings. The van der Waals surface area contributed by atoms with Crippen LogP contribution in [0.3, 0.4) is 0 Å². The van der Waals surface area contributed by atoms with Crippen LogP contribution >= 0.6 is 0 Å². The Kier molecular flexibility index (Phi) is 4.42. The molecule has 0 heterocycles. The molecular weight excluding hydrogens is 273 g/mol. The Morgan fingerprint density at radius 2 is 1.90 bits per heavy atom. The Morgan fingerprint density at radius 3 is 2.48 bits per heavy atom. The van der Waals surface area contributed by atoms with Crippen molar-refractivity contribution < 1.29 is 19.0 Å². The van der Waals surface area contributed by atoms with Crippen molar-refractivity contribution >= 4 is 11.7 Å². The highest BCUT2D eigenvalue weighted by atomic mass is 19.1. The van der Waals surface area contributed by atoms with Crippen molar-refractivity contribution in [3.63, 3.8) is 0 Å². The number of esters is 1. The maximum absolute atomic E-state index is 13.0. The number of nitrogens with one attached hydrogen (secondary N) is 1. The molecule has 4 nitrogen and oxygen atoms in total. The summed E-state index contributed by atoms with van der Waals surface area (Å²) in [6.45, 7) is 1.85. The van der Waals surface area contributed by atoms with Gasteiger partial charge in [-0.25, -0.2) is 9.18 Å². The first-order chi connectivity index (χ1) is 10.0. The summed E-state index contributed by atoms with van der Waals surface area (Å²) in [7, 11) is 1.33. The lowest BCUT2D eigenvalue weighted by Gasteiger charge is -2.17. The van der Waals surface area contributed by atoms with Crippen LogP contribution in [0.1, 0.15) is 28.9 Å². The normalized spacial score (nSPS) is 11.8. The molecule has 0 aliphatic carbocycles. The number of rotatable bonds is 4. The lowest BCUT2D eigenvalue weighted by Crippen LogP contribution is -2.07. The average molecular weight is 289 g/mol. The van der Waals surface area contributed by atoms with Crippen LogP contribution in [0.2, 0.25) is 0 Å². The predicted molar refractivity (Wildman–Crippen MR) is 77.9 cm³/mol. The van der Waals surface area contributed by atoms with Crippen LogP contribution in [0.15, 0.2) is 42.5 Å². The quantitative estimate of drug-likeness (QED) is 0.846. The third-order valence-corrected chi connectivity index (χ3v) is 3.15. The van der Waals surface area contributed by atoms with E-state index in [1.54, 1.807) is 24.3 Å². The van der Waals surface area contributed by atoms with Crippen molar-refractivity contribution in [2.75, 3.05) is 12.4 Å². The molecule has 0 spiro atoms. The highest BCUT2D eigenvalue weighted by molar-refractivity contribution is 5.89.